The molecule has 0 atom stereocenters. The summed E-state index contributed by atoms with van der Waals surface area (Å²) in [6.07, 6.45) is 3.86. The van der Waals surface area contributed by atoms with E-state index in [4.69, 9.17) is 0 Å². The molecule has 1 fully saturated rings. The van der Waals surface area contributed by atoms with Crippen LogP contribution in [0, 0.1) is 0 Å². The molecule has 0 amide bonds. The Kier molecular flexibility index (Phi) is 7.36. The zero-order valence-corrected chi connectivity index (χ0v) is 19.2. The first-order chi connectivity index (χ1) is 14.7. The maximum Gasteiger partial charge on any atom is 0.195 e. The van der Waals surface area contributed by atoms with Crippen molar-refractivity contribution in [1.82, 2.24) is 19.7 Å². The molecule has 3 aromatic rings. The van der Waals surface area contributed by atoms with Crippen molar-refractivity contribution in [2.45, 2.75) is 37.4 Å². The molecule has 2 aromatic carbocycles. The lowest BCUT2D eigenvalue weighted by Gasteiger charge is -2.15. The number of carbonyl (C=O) groups is 1. The van der Waals surface area contributed by atoms with Crippen LogP contribution in [-0.4, -0.2) is 44.3 Å². The molecule has 0 bridgehead atoms. The highest BCUT2D eigenvalue weighted by atomic mass is 79.9. The van der Waals surface area contributed by atoms with Crippen LogP contribution >= 0.6 is 27.7 Å². The van der Waals surface area contributed by atoms with Crippen molar-refractivity contribution in [2.24, 2.45) is 0 Å². The molecular weight excluding hydrogens is 460 g/mol. The van der Waals surface area contributed by atoms with Gasteiger partial charge in [0.15, 0.2) is 16.8 Å². The van der Waals surface area contributed by atoms with E-state index < -0.39 is 0 Å². The van der Waals surface area contributed by atoms with Gasteiger partial charge in [-0.25, -0.2) is 0 Å². The van der Waals surface area contributed by atoms with Gasteiger partial charge in [0.2, 0.25) is 0 Å². The number of nitrogens with zero attached hydrogens (tertiary/aromatic N) is 4. The standard InChI is InChI=1S/C23H25BrN4OS/c24-19-12-10-18(11-13-19)21(29)9-6-16-30-23-26-25-22(17-27-14-4-5-15-27)28(23)20-7-2-1-3-8-20/h1-3,7-8,10-13H,4-6,9,14-17H2. The second-order valence-electron chi connectivity index (χ2n) is 7.44. The minimum Gasteiger partial charge on any atom is -0.296 e. The summed E-state index contributed by atoms with van der Waals surface area (Å²) in [5.74, 6) is 2.00. The minimum absolute atomic E-state index is 0.183. The molecule has 0 aliphatic carbocycles. The zero-order valence-electron chi connectivity index (χ0n) is 16.8. The molecule has 1 aliphatic rings. The van der Waals surface area contributed by atoms with Crippen molar-refractivity contribution in [3.63, 3.8) is 0 Å². The number of aromatic nitrogens is 3. The third-order valence-electron chi connectivity index (χ3n) is 5.22. The maximum absolute atomic E-state index is 12.4. The number of carbonyl (C=O) groups excluding carboxylic acids is 1. The van der Waals surface area contributed by atoms with E-state index in [0.717, 1.165) is 58.5 Å². The minimum atomic E-state index is 0.183. The molecule has 30 heavy (non-hydrogen) atoms. The molecular formula is C23H25BrN4OS. The van der Waals surface area contributed by atoms with Gasteiger partial charge >= 0.3 is 0 Å². The van der Waals surface area contributed by atoms with E-state index in [-0.39, 0.29) is 5.78 Å². The molecule has 0 N–H and O–H groups in total. The van der Waals surface area contributed by atoms with E-state index in [1.54, 1.807) is 11.8 Å². The maximum atomic E-state index is 12.4. The number of benzene rings is 2. The number of hydrogen-bond acceptors (Lipinski definition) is 5. The predicted molar refractivity (Wildman–Crippen MR) is 124 cm³/mol. The Morgan fingerprint density at radius 1 is 1.00 bits per heavy atom. The Morgan fingerprint density at radius 3 is 2.47 bits per heavy atom. The molecule has 156 valence electrons. The lowest BCUT2D eigenvalue weighted by Crippen LogP contribution is -2.21. The summed E-state index contributed by atoms with van der Waals surface area (Å²) in [7, 11) is 0. The molecule has 1 saturated heterocycles. The van der Waals surface area contributed by atoms with Gasteiger partial charge in [0.05, 0.1) is 6.54 Å². The second kappa shape index (κ2) is 10.4. The molecule has 5 nitrogen and oxygen atoms in total. The van der Waals surface area contributed by atoms with Crippen LogP contribution in [0.2, 0.25) is 0 Å². The number of halogens is 1. The van der Waals surface area contributed by atoms with Crippen LogP contribution < -0.4 is 0 Å². The number of likely N-dealkylation sites (tertiary alicyclic amines) is 1. The first-order valence-corrected chi connectivity index (χ1v) is 12.1. The quantitative estimate of drug-likeness (QED) is 0.231. The predicted octanol–water partition coefficient (Wildman–Crippen LogP) is 5.38. The average Bonchev–Trinajstić information content (AvgIpc) is 3.42. The molecule has 1 aliphatic heterocycles. The summed E-state index contributed by atoms with van der Waals surface area (Å²) in [6, 6.07) is 17.9. The third kappa shape index (κ3) is 5.39. The summed E-state index contributed by atoms with van der Waals surface area (Å²) in [6.45, 7) is 3.08. The Hall–Kier alpha value is -1.96. The number of para-hydroxylation sites is 1. The van der Waals surface area contributed by atoms with Crippen molar-refractivity contribution in [3.8, 4) is 5.69 Å². The zero-order chi connectivity index (χ0) is 20.8. The smallest absolute Gasteiger partial charge is 0.195 e. The molecule has 1 aromatic heterocycles. The largest absolute Gasteiger partial charge is 0.296 e. The summed E-state index contributed by atoms with van der Waals surface area (Å²) >= 11 is 5.08. The van der Waals surface area contributed by atoms with E-state index in [1.807, 2.05) is 42.5 Å². The van der Waals surface area contributed by atoms with Crippen molar-refractivity contribution >= 4 is 33.5 Å². The van der Waals surface area contributed by atoms with Crippen LogP contribution in [0.15, 0.2) is 64.2 Å². The van der Waals surface area contributed by atoms with Gasteiger partial charge in [-0.1, -0.05) is 58.0 Å². The molecule has 0 radical (unpaired) electrons. The van der Waals surface area contributed by atoms with Gasteiger partial charge < -0.3 is 0 Å². The summed E-state index contributed by atoms with van der Waals surface area (Å²) in [4.78, 5) is 14.8. The Bertz CT molecular complexity index is 969. The Balaban J connectivity index is 1.40. The van der Waals surface area contributed by atoms with Gasteiger partial charge in [0.1, 0.15) is 0 Å². The second-order valence-corrected chi connectivity index (χ2v) is 9.41. The number of Topliss-reactive ketones (excluding diaryl/α,β-unsaturated/α-hetero) is 1. The average molecular weight is 485 g/mol. The summed E-state index contributed by atoms with van der Waals surface area (Å²) in [5, 5.41) is 9.88. The Labute approximate surface area is 190 Å². The highest BCUT2D eigenvalue weighted by molar-refractivity contribution is 9.10. The fourth-order valence-corrected chi connectivity index (χ4v) is 4.82. The van der Waals surface area contributed by atoms with E-state index in [2.05, 4.69) is 47.7 Å². The van der Waals surface area contributed by atoms with E-state index in [0.29, 0.717) is 6.42 Å². The van der Waals surface area contributed by atoms with Crippen molar-refractivity contribution in [3.05, 3.63) is 70.5 Å². The summed E-state index contributed by atoms with van der Waals surface area (Å²) in [5.41, 5.74) is 1.86. The van der Waals surface area contributed by atoms with E-state index >= 15 is 0 Å². The van der Waals surface area contributed by atoms with Gasteiger partial charge in [-0.2, -0.15) is 0 Å². The van der Waals surface area contributed by atoms with Crippen LogP contribution in [0.25, 0.3) is 5.69 Å². The van der Waals surface area contributed by atoms with Gasteiger partial charge in [-0.05, 0) is 56.6 Å². The fourth-order valence-electron chi connectivity index (χ4n) is 3.65. The van der Waals surface area contributed by atoms with Crippen molar-refractivity contribution in [1.29, 1.82) is 0 Å². The van der Waals surface area contributed by atoms with Crippen LogP contribution in [0.3, 0.4) is 0 Å². The highest BCUT2D eigenvalue weighted by Gasteiger charge is 2.19. The molecule has 2 heterocycles. The van der Waals surface area contributed by atoms with Crippen LogP contribution in [-0.2, 0) is 6.54 Å². The SMILES string of the molecule is O=C(CCCSc1nnc(CN2CCCC2)n1-c1ccccc1)c1ccc(Br)cc1. The topological polar surface area (TPSA) is 51.0 Å². The van der Waals surface area contributed by atoms with Gasteiger partial charge in [-0.15, -0.1) is 10.2 Å². The number of hydrogen-bond donors (Lipinski definition) is 0. The molecule has 0 unspecified atom stereocenters. The monoisotopic (exact) mass is 484 g/mol. The molecule has 4 rings (SSSR count). The fraction of sp³-hybridized carbons (Fsp3) is 0.348. The normalized spacial score (nSPS) is 14.3. The van der Waals surface area contributed by atoms with Crippen LogP contribution in [0.1, 0.15) is 41.9 Å². The molecule has 7 heteroatoms. The lowest BCUT2D eigenvalue weighted by atomic mass is 10.1. The van der Waals surface area contributed by atoms with Crippen LogP contribution in [0.4, 0.5) is 0 Å². The van der Waals surface area contributed by atoms with Crippen molar-refractivity contribution < 1.29 is 4.79 Å². The van der Waals surface area contributed by atoms with Gasteiger partial charge in [0.25, 0.3) is 0 Å². The molecule has 0 spiro atoms. The van der Waals surface area contributed by atoms with Gasteiger partial charge in [-0.3, -0.25) is 14.3 Å². The van der Waals surface area contributed by atoms with Gasteiger partial charge in [0, 0.05) is 27.9 Å². The summed E-state index contributed by atoms with van der Waals surface area (Å²) < 4.78 is 3.15. The van der Waals surface area contributed by atoms with Crippen LogP contribution in [0.5, 0.6) is 0 Å². The molecule has 0 saturated carbocycles. The lowest BCUT2D eigenvalue weighted by molar-refractivity contribution is 0.0982. The van der Waals surface area contributed by atoms with E-state index in [1.165, 1.54) is 12.8 Å². The third-order valence-corrected chi connectivity index (χ3v) is 6.77. The number of rotatable bonds is 9. The first kappa shape index (κ1) is 21.3. The van der Waals surface area contributed by atoms with Crippen molar-refractivity contribution in [2.75, 3.05) is 18.8 Å². The number of thioether (sulfide) groups is 1. The first-order valence-electron chi connectivity index (χ1n) is 10.3. The number of ketones is 1. The highest BCUT2D eigenvalue weighted by Crippen LogP contribution is 2.25. The Morgan fingerprint density at radius 2 is 1.73 bits per heavy atom. The van der Waals surface area contributed by atoms with E-state index in [9.17, 15) is 4.79 Å².